The molecular formula is C23H29FN2O3. The number of hydrogen-bond acceptors (Lipinski definition) is 5. The molecule has 0 radical (unpaired) electrons. The van der Waals surface area contributed by atoms with Crippen molar-refractivity contribution in [3.63, 3.8) is 0 Å². The van der Waals surface area contributed by atoms with Crippen molar-refractivity contribution in [1.29, 1.82) is 0 Å². The predicted octanol–water partition coefficient (Wildman–Crippen LogP) is 2.63. The Labute approximate surface area is 171 Å². The van der Waals surface area contributed by atoms with Gasteiger partial charge in [0.1, 0.15) is 17.2 Å². The summed E-state index contributed by atoms with van der Waals surface area (Å²) in [7, 11) is 1.59. The van der Waals surface area contributed by atoms with E-state index in [4.69, 9.17) is 9.47 Å². The van der Waals surface area contributed by atoms with Crippen LogP contribution in [-0.2, 0) is 16.9 Å². The monoisotopic (exact) mass is 400 g/mol. The molecule has 5 nitrogen and oxygen atoms in total. The van der Waals surface area contributed by atoms with Crippen molar-refractivity contribution in [2.45, 2.75) is 24.6 Å². The summed E-state index contributed by atoms with van der Waals surface area (Å²) in [5.74, 6) is 0.432. The Balaban J connectivity index is 1.58. The molecule has 2 atom stereocenters. The molecule has 2 aromatic carbocycles. The standard InChI is InChI=1S/C23H29FN2O3/c1-28-20-7-8-21(24)18(15-20)16-25-10-9-23(27,19-5-3-2-4-6-19)22(17-25)26-11-13-29-14-12-26/h2-8,15,22,27H,9-14,16-17H2,1H3/t22-,23+/m1/s1. The van der Waals surface area contributed by atoms with Crippen LogP contribution in [0.1, 0.15) is 17.5 Å². The molecule has 4 rings (SSSR count). The predicted molar refractivity (Wildman–Crippen MR) is 109 cm³/mol. The van der Waals surface area contributed by atoms with Crippen molar-refractivity contribution in [1.82, 2.24) is 9.80 Å². The van der Waals surface area contributed by atoms with Crippen LogP contribution in [0.5, 0.6) is 5.75 Å². The lowest BCUT2D eigenvalue weighted by Crippen LogP contribution is -2.62. The largest absolute Gasteiger partial charge is 0.497 e. The minimum atomic E-state index is -0.929. The smallest absolute Gasteiger partial charge is 0.127 e. The summed E-state index contributed by atoms with van der Waals surface area (Å²) < 4.78 is 25.2. The van der Waals surface area contributed by atoms with Gasteiger partial charge in [-0.15, -0.1) is 0 Å². The molecule has 1 N–H and O–H groups in total. The van der Waals surface area contributed by atoms with Gasteiger partial charge in [-0.05, 0) is 30.2 Å². The molecule has 2 aliphatic heterocycles. The Morgan fingerprint density at radius 3 is 2.62 bits per heavy atom. The van der Waals surface area contributed by atoms with Gasteiger partial charge in [0.25, 0.3) is 0 Å². The second-order valence-electron chi connectivity index (χ2n) is 7.90. The molecule has 2 aliphatic rings. The van der Waals surface area contributed by atoms with Crippen molar-refractivity contribution in [2.24, 2.45) is 0 Å². The number of methoxy groups -OCH3 is 1. The van der Waals surface area contributed by atoms with Crippen LogP contribution in [0.25, 0.3) is 0 Å². The fourth-order valence-electron chi connectivity index (χ4n) is 4.54. The average Bonchev–Trinajstić information content (AvgIpc) is 2.78. The second kappa shape index (κ2) is 8.79. The molecule has 0 amide bonds. The van der Waals surface area contributed by atoms with Crippen molar-refractivity contribution >= 4 is 0 Å². The molecule has 2 fully saturated rings. The molecule has 156 valence electrons. The third-order valence-corrected chi connectivity index (χ3v) is 6.20. The summed E-state index contributed by atoms with van der Waals surface area (Å²) in [5, 5.41) is 11.8. The molecule has 2 saturated heterocycles. The van der Waals surface area contributed by atoms with Crippen LogP contribution in [0.15, 0.2) is 48.5 Å². The number of rotatable bonds is 5. The van der Waals surface area contributed by atoms with E-state index in [1.165, 1.54) is 6.07 Å². The number of piperidine rings is 1. The van der Waals surface area contributed by atoms with Crippen LogP contribution >= 0.6 is 0 Å². The van der Waals surface area contributed by atoms with E-state index in [9.17, 15) is 9.50 Å². The van der Waals surface area contributed by atoms with Gasteiger partial charge in [-0.2, -0.15) is 0 Å². The normalized spacial score (nSPS) is 26.4. The fourth-order valence-corrected chi connectivity index (χ4v) is 4.54. The maximum Gasteiger partial charge on any atom is 0.127 e. The highest BCUT2D eigenvalue weighted by Crippen LogP contribution is 2.37. The lowest BCUT2D eigenvalue weighted by molar-refractivity contribution is -0.119. The Kier molecular flexibility index (Phi) is 6.15. The van der Waals surface area contributed by atoms with Gasteiger partial charge in [-0.25, -0.2) is 4.39 Å². The Morgan fingerprint density at radius 1 is 1.14 bits per heavy atom. The van der Waals surface area contributed by atoms with E-state index >= 15 is 0 Å². The number of likely N-dealkylation sites (tertiary alicyclic amines) is 1. The van der Waals surface area contributed by atoms with Gasteiger partial charge in [0.05, 0.1) is 26.4 Å². The minimum absolute atomic E-state index is 0.0729. The molecule has 0 unspecified atom stereocenters. The number of benzene rings is 2. The highest BCUT2D eigenvalue weighted by atomic mass is 19.1. The second-order valence-corrected chi connectivity index (χ2v) is 7.90. The number of morpholine rings is 1. The molecule has 0 aromatic heterocycles. The van der Waals surface area contributed by atoms with Crippen molar-refractivity contribution in [3.05, 3.63) is 65.5 Å². The molecule has 6 heteroatoms. The zero-order chi connectivity index (χ0) is 20.3. The van der Waals surface area contributed by atoms with Crippen molar-refractivity contribution in [3.8, 4) is 5.75 Å². The summed E-state index contributed by atoms with van der Waals surface area (Å²) in [6, 6.07) is 14.7. The SMILES string of the molecule is COc1ccc(F)c(CN2CC[C@](O)(c3ccccc3)[C@H](N3CCOCC3)C2)c1. The van der Waals surface area contributed by atoms with Gasteiger partial charge in [0.2, 0.25) is 0 Å². The number of nitrogens with zero attached hydrogens (tertiary/aromatic N) is 2. The topological polar surface area (TPSA) is 45.2 Å². The maximum absolute atomic E-state index is 14.4. The van der Waals surface area contributed by atoms with E-state index in [1.807, 2.05) is 30.3 Å². The summed E-state index contributed by atoms with van der Waals surface area (Å²) in [6.07, 6.45) is 0.602. The lowest BCUT2D eigenvalue weighted by atomic mass is 9.79. The summed E-state index contributed by atoms with van der Waals surface area (Å²) in [6.45, 7) is 4.79. The zero-order valence-electron chi connectivity index (χ0n) is 16.9. The first kappa shape index (κ1) is 20.3. The van der Waals surface area contributed by atoms with Crippen LogP contribution < -0.4 is 4.74 Å². The molecule has 0 spiro atoms. The van der Waals surface area contributed by atoms with Crippen LogP contribution in [0.2, 0.25) is 0 Å². The molecule has 0 bridgehead atoms. The van der Waals surface area contributed by atoms with E-state index in [1.54, 1.807) is 19.2 Å². The highest BCUT2D eigenvalue weighted by Gasteiger charge is 2.46. The van der Waals surface area contributed by atoms with Crippen LogP contribution in [0, 0.1) is 5.82 Å². The molecule has 2 aromatic rings. The summed E-state index contributed by atoms with van der Waals surface area (Å²) in [5.41, 5.74) is 0.640. The van der Waals surface area contributed by atoms with Gasteiger partial charge in [-0.3, -0.25) is 9.80 Å². The maximum atomic E-state index is 14.4. The van der Waals surface area contributed by atoms with E-state index in [2.05, 4.69) is 9.80 Å². The average molecular weight is 400 g/mol. The van der Waals surface area contributed by atoms with Gasteiger partial charge in [0, 0.05) is 38.3 Å². The summed E-state index contributed by atoms with van der Waals surface area (Å²) in [4.78, 5) is 4.56. The highest BCUT2D eigenvalue weighted by molar-refractivity contribution is 5.30. The third kappa shape index (κ3) is 4.31. The fraction of sp³-hybridized carbons (Fsp3) is 0.478. The quantitative estimate of drug-likeness (QED) is 0.836. The molecular weight excluding hydrogens is 371 g/mol. The minimum Gasteiger partial charge on any atom is -0.497 e. The summed E-state index contributed by atoms with van der Waals surface area (Å²) >= 11 is 0. The number of ether oxygens (including phenoxy) is 2. The Hall–Kier alpha value is -1.99. The van der Waals surface area contributed by atoms with Gasteiger partial charge in [0.15, 0.2) is 0 Å². The number of hydrogen-bond donors (Lipinski definition) is 1. The molecule has 29 heavy (non-hydrogen) atoms. The van der Waals surface area contributed by atoms with Crippen LogP contribution in [0.4, 0.5) is 4.39 Å². The third-order valence-electron chi connectivity index (χ3n) is 6.20. The van der Waals surface area contributed by atoms with E-state index in [0.717, 1.165) is 18.7 Å². The lowest BCUT2D eigenvalue weighted by Gasteiger charge is -2.50. The zero-order valence-corrected chi connectivity index (χ0v) is 16.9. The van der Waals surface area contributed by atoms with Crippen LogP contribution in [-0.4, -0.2) is 67.5 Å². The first-order valence-electron chi connectivity index (χ1n) is 10.2. The molecule has 0 saturated carbocycles. The van der Waals surface area contributed by atoms with E-state index in [-0.39, 0.29) is 11.9 Å². The van der Waals surface area contributed by atoms with Crippen LogP contribution in [0.3, 0.4) is 0 Å². The molecule has 0 aliphatic carbocycles. The number of aliphatic hydroxyl groups is 1. The van der Waals surface area contributed by atoms with Crippen molar-refractivity contribution < 1.29 is 19.0 Å². The molecule has 2 heterocycles. The first-order valence-corrected chi connectivity index (χ1v) is 10.2. The van der Waals surface area contributed by atoms with E-state index < -0.39 is 5.60 Å². The van der Waals surface area contributed by atoms with Gasteiger partial charge < -0.3 is 14.6 Å². The Morgan fingerprint density at radius 2 is 1.90 bits per heavy atom. The number of halogens is 1. The van der Waals surface area contributed by atoms with Gasteiger partial charge >= 0.3 is 0 Å². The van der Waals surface area contributed by atoms with Gasteiger partial charge in [-0.1, -0.05) is 30.3 Å². The first-order chi connectivity index (χ1) is 14.1. The van der Waals surface area contributed by atoms with E-state index in [0.29, 0.717) is 50.6 Å². The van der Waals surface area contributed by atoms with Crippen molar-refractivity contribution in [2.75, 3.05) is 46.5 Å². The Bertz CT molecular complexity index is 813.